The lowest BCUT2D eigenvalue weighted by Gasteiger charge is -2.14. The van der Waals surface area contributed by atoms with Crippen molar-refractivity contribution in [3.8, 4) is 5.75 Å². The normalized spacial score (nSPS) is 18.2. The molecule has 0 saturated heterocycles. The molecule has 0 aliphatic heterocycles. The smallest absolute Gasteiger partial charge is 0.269 e. The third kappa shape index (κ3) is 4.45. The number of hydrogen-bond donors (Lipinski definition) is 1. The van der Waals surface area contributed by atoms with Gasteiger partial charge in [0.25, 0.3) is 10.0 Å². The number of ether oxygens (including phenoxy) is 1. The molecule has 2 atom stereocenters. The molecule has 1 saturated carbocycles. The summed E-state index contributed by atoms with van der Waals surface area (Å²) in [6.07, 6.45) is 4.84. The molecule has 2 aromatic carbocycles. The van der Waals surface area contributed by atoms with Crippen LogP contribution >= 0.6 is 0 Å². The molecule has 5 aromatic rings. The van der Waals surface area contributed by atoms with Gasteiger partial charge in [-0.1, -0.05) is 17.7 Å². The number of hydrogen-bond acceptors (Lipinski definition) is 8. The molecule has 1 fully saturated rings. The summed E-state index contributed by atoms with van der Waals surface area (Å²) >= 11 is 0. The number of fused-ring (bicyclic) bond motifs is 3. The minimum Gasteiger partial charge on any atom is -0.497 e. The predicted octanol–water partition coefficient (Wildman–Crippen LogP) is 3.25. The van der Waals surface area contributed by atoms with Crippen LogP contribution in [0.15, 0.2) is 76.8 Å². The number of methoxy groups -OCH3 is 1. The van der Waals surface area contributed by atoms with Crippen molar-refractivity contribution in [1.29, 1.82) is 0 Å². The van der Waals surface area contributed by atoms with Crippen LogP contribution in [0.4, 0.5) is 0 Å². The van der Waals surface area contributed by atoms with E-state index in [0.29, 0.717) is 42.0 Å². The Bertz CT molecular complexity index is 1900. The van der Waals surface area contributed by atoms with Gasteiger partial charge in [-0.2, -0.15) is 0 Å². The standard InChI is InChI=1S/C26H26N6O5S2/c1-17-3-9-22(10-4-17)39(35,36)31-14-13-23-26(31)27-16-24-28-29-25(32(23)24)18-5-6-19(15-18)30-38(33,34)21-11-7-20(37-2)8-12-21/h3-4,7-14,16,18-19,30H,5-6,15H2,1-2H3/t18-,19+/m1/s1. The number of sulfonamides is 1. The maximum Gasteiger partial charge on any atom is 0.269 e. The summed E-state index contributed by atoms with van der Waals surface area (Å²) < 4.78 is 63.5. The highest BCUT2D eigenvalue weighted by atomic mass is 32.2. The molecule has 6 rings (SSSR count). The molecule has 0 radical (unpaired) electrons. The Morgan fingerprint density at radius 3 is 2.36 bits per heavy atom. The molecule has 11 nitrogen and oxygen atoms in total. The Labute approximate surface area is 225 Å². The first kappa shape index (κ1) is 25.5. The zero-order valence-corrected chi connectivity index (χ0v) is 22.9. The monoisotopic (exact) mass is 566 g/mol. The topological polar surface area (TPSA) is 138 Å². The zero-order chi connectivity index (χ0) is 27.4. The summed E-state index contributed by atoms with van der Waals surface area (Å²) in [4.78, 5) is 4.72. The molecule has 0 spiro atoms. The van der Waals surface area contributed by atoms with E-state index in [0.717, 1.165) is 9.54 Å². The molecular weight excluding hydrogens is 540 g/mol. The van der Waals surface area contributed by atoms with Gasteiger partial charge in [-0.15, -0.1) is 10.2 Å². The highest BCUT2D eigenvalue weighted by molar-refractivity contribution is 7.90. The van der Waals surface area contributed by atoms with Crippen LogP contribution in [0.25, 0.3) is 16.8 Å². The van der Waals surface area contributed by atoms with Gasteiger partial charge in [0.05, 0.1) is 28.6 Å². The Morgan fingerprint density at radius 1 is 0.923 bits per heavy atom. The molecule has 0 amide bonds. The highest BCUT2D eigenvalue weighted by Gasteiger charge is 2.33. The molecule has 0 unspecified atom stereocenters. The second-order valence-electron chi connectivity index (χ2n) is 9.65. The fourth-order valence-electron chi connectivity index (χ4n) is 5.10. The first-order valence-corrected chi connectivity index (χ1v) is 15.3. The largest absolute Gasteiger partial charge is 0.497 e. The molecule has 3 heterocycles. The van der Waals surface area contributed by atoms with Crippen LogP contribution in [0.3, 0.4) is 0 Å². The second-order valence-corrected chi connectivity index (χ2v) is 13.2. The van der Waals surface area contributed by atoms with Crippen molar-refractivity contribution in [2.45, 2.75) is 47.9 Å². The van der Waals surface area contributed by atoms with Crippen LogP contribution in [0.5, 0.6) is 5.75 Å². The molecular formula is C26H26N6O5S2. The Morgan fingerprint density at radius 2 is 1.64 bits per heavy atom. The lowest BCUT2D eigenvalue weighted by Crippen LogP contribution is -2.33. The lowest BCUT2D eigenvalue weighted by molar-refractivity contribution is 0.414. The number of nitrogens with zero attached hydrogens (tertiary/aromatic N) is 5. The molecule has 13 heteroatoms. The summed E-state index contributed by atoms with van der Waals surface area (Å²) in [5, 5.41) is 8.66. The number of benzene rings is 2. The van der Waals surface area contributed by atoms with E-state index in [1.54, 1.807) is 42.5 Å². The third-order valence-electron chi connectivity index (χ3n) is 7.13. The average molecular weight is 567 g/mol. The summed E-state index contributed by atoms with van der Waals surface area (Å²) in [6.45, 7) is 1.89. The minimum absolute atomic E-state index is 0.0776. The van der Waals surface area contributed by atoms with Crippen molar-refractivity contribution in [3.05, 3.63) is 78.4 Å². The van der Waals surface area contributed by atoms with Gasteiger partial charge in [-0.05, 0) is 68.7 Å². The van der Waals surface area contributed by atoms with Crippen LogP contribution in [-0.4, -0.2) is 53.5 Å². The van der Waals surface area contributed by atoms with Crippen LogP contribution < -0.4 is 9.46 Å². The number of nitrogens with one attached hydrogen (secondary N) is 1. The maximum absolute atomic E-state index is 13.4. The summed E-state index contributed by atoms with van der Waals surface area (Å²) in [7, 11) is -6.05. The van der Waals surface area contributed by atoms with Gasteiger partial charge in [0.2, 0.25) is 10.0 Å². The summed E-state index contributed by atoms with van der Waals surface area (Å²) in [6, 6.07) is 14.3. The van der Waals surface area contributed by atoms with Crippen molar-refractivity contribution < 1.29 is 21.6 Å². The third-order valence-corrected chi connectivity index (χ3v) is 10.3. The van der Waals surface area contributed by atoms with Crippen LogP contribution in [0, 0.1) is 6.92 Å². The van der Waals surface area contributed by atoms with Gasteiger partial charge in [0, 0.05) is 18.2 Å². The molecule has 0 bridgehead atoms. The quantitative estimate of drug-likeness (QED) is 0.317. The molecule has 202 valence electrons. The van der Waals surface area contributed by atoms with Crippen molar-refractivity contribution >= 4 is 36.9 Å². The van der Waals surface area contributed by atoms with Gasteiger partial charge >= 0.3 is 0 Å². The van der Waals surface area contributed by atoms with E-state index in [-0.39, 0.29) is 27.4 Å². The van der Waals surface area contributed by atoms with E-state index in [4.69, 9.17) is 4.74 Å². The van der Waals surface area contributed by atoms with E-state index < -0.39 is 20.0 Å². The van der Waals surface area contributed by atoms with Crippen LogP contribution in [0.2, 0.25) is 0 Å². The van der Waals surface area contributed by atoms with Crippen molar-refractivity contribution in [2.75, 3.05) is 7.11 Å². The van der Waals surface area contributed by atoms with E-state index in [9.17, 15) is 16.8 Å². The minimum atomic E-state index is -3.87. The van der Waals surface area contributed by atoms with Crippen molar-refractivity contribution in [3.63, 3.8) is 0 Å². The Hall–Kier alpha value is -3.81. The first-order chi connectivity index (χ1) is 18.7. The molecule has 1 N–H and O–H groups in total. The molecule has 1 aliphatic carbocycles. The van der Waals surface area contributed by atoms with E-state index in [1.165, 1.54) is 31.6 Å². The highest BCUT2D eigenvalue weighted by Crippen LogP contribution is 2.35. The Balaban J connectivity index is 1.30. The van der Waals surface area contributed by atoms with Gasteiger partial charge in [-0.25, -0.2) is 30.5 Å². The van der Waals surface area contributed by atoms with Crippen molar-refractivity contribution in [1.82, 2.24) is 28.3 Å². The van der Waals surface area contributed by atoms with Crippen LogP contribution in [-0.2, 0) is 20.0 Å². The van der Waals surface area contributed by atoms with Crippen molar-refractivity contribution in [2.24, 2.45) is 0 Å². The lowest BCUT2D eigenvalue weighted by atomic mass is 10.1. The maximum atomic E-state index is 13.4. The summed E-state index contributed by atoms with van der Waals surface area (Å²) in [5.41, 5.74) is 2.27. The molecule has 39 heavy (non-hydrogen) atoms. The predicted molar refractivity (Wildman–Crippen MR) is 144 cm³/mol. The molecule has 1 aliphatic rings. The van der Waals surface area contributed by atoms with E-state index >= 15 is 0 Å². The summed E-state index contributed by atoms with van der Waals surface area (Å²) in [5.74, 6) is 1.15. The number of aryl methyl sites for hydroxylation is 1. The van der Waals surface area contributed by atoms with E-state index in [2.05, 4.69) is 19.9 Å². The molecule has 3 aromatic heterocycles. The van der Waals surface area contributed by atoms with E-state index in [1.807, 2.05) is 11.3 Å². The van der Waals surface area contributed by atoms with Gasteiger partial charge in [0.1, 0.15) is 11.6 Å². The fraction of sp³-hybridized carbons (Fsp3) is 0.269. The Kier molecular flexibility index (Phi) is 6.16. The van der Waals surface area contributed by atoms with Gasteiger partial charge < -0.3 is 4.74 Å². The number of rotatable bonds is 7. The van der Waals surface area contributed by atoms with Gasteiger partial charge in [0.15, 0.2) is 11.3 Å². The van der Waals surface area contributed by atoms with Gasteiger partial charge in [-0.3, -0.25) is 4.40 Å². The fourth-order valence-corrected chi connectivity index (χ4v) is 7.68. The van der Waals surface area contributed by atoms with Crippen LogP contribution in [0.1, 0.15) is 36.6 Å². The SMILES string of the molecule is COc1ccc(S(=O)(=O)N[C@H]2CC[C@@H](c3nnc4cnc5c(ccn5S(=O)(=O)c5ccc(C)cc5)n34)C2)cc1. The first-order valence-electron chi connectivity index (χ1n) is 12.4. The second kappa shape index (κ2) is 9.43. The number of aromatic nitrogens is 5. The zero-order valence-electron chi connectivity index (χ0n) is 21.2. The average Bonchev–Trinajstić information content (AvgIpc) is 3.66.